The number of benzene rings is 1. The molecule has 1 aliphatic rings. The van der Waals surface area contributed by atoms with Crippen molar-refractivity contribution in [2.24, 2.45) is 5.92 Å². The third kappa shape index (κ3) is 3.09. The Labute approximate surface area is 131 Å². The Balaban J connectivity index is 1.81. The highest BCUT2D eigenvalue weighted by atomic mass is 79.9. The van der Waals surface area contributed by atoms with Gasteiger partial charge >= 0.3 is 0 Å². The van der Waals surface area contributed by atoms with Crippen molar-refractivity contribution in [3.63, 3.8) is 0 Å². The standard InChI is InChI=1S/C16H17BrN2O2/c17-14-2-1-12-9-18-15(8-13(12)7-14)16(21)19-5-3-11(10-20)4-6-19/h1-2,7-9,11,20H,3-6,10H2. The molecule has 0 atom stereocenters. The lowest BCUT2D eigenvalue weighted by atomic mass is 9.97. The molecule has 4 nitrogen and oxygen atoms in total. The topological polar surface area (TPSA) is 53.4 Å². The molecular weight excluding hydrogens is 332 g/mol. The fraction of sp³-hybridized carbons (Fsp3) is 0.375. The highest BCUT2D eigenvalue weighted by molar-refractivity contribution is 9.10. The summed E-state index contributed by atoms with van der Waals surface area (Å²) in [5, 5.41) is 11.2. The van der Waals surface area contributed by atoms with Gasteiger partial charge in [-0.05, 0) is 42.3 Å². The maximum Gasteiger partial charge on any atom is 0.272 e. The molecule has 1 fully saturated rings. The number of amides is 1. The van der Waals surface area contributed by atoms with Crippen LogP contribution in [0.5, 0.6) is 0 Å². The lowest BCUT2D eigenvalue weighted by molar-refractivity contribution is 0.0645. The number of aliphatic hydroxyl groups is 1. The van der Waals surface area contributed by atoms with E-state index in [-0.39, 0.29) is 12.5 Å². The van der Waals surface area contributed by atoms with Crippen molar-refractivity contribution in [3.05, 3.63) is 40.6 Å². The van der Waals surface area contributed by atoms with Crippen molar-refractivity contribution >= 4 is 32.6 Å². The van der Waals surface area contributed by atoms with Crippen molar-refractivity contribution in [2.45, 2.75) is 12.8 Å². The SMILES string of the molecule is O=C(c1cc2cc(Br)ccc2cn1)N1CCC(CO)CC1. The Kier molecular flexibility index (Phi) is 4.22. The van der Waals surface area contributed by atoms with E-state index >= 15 is 0 Å². The van der Waals surface area contributed by atoms with Gasteiger partial charge in [-0.2, -0.15) is 0 Å². The molecule has 1 N–H and O–H groups in total. The normalized spacial score (nSPS) is 16.4. The Morgan fingerprint density at radius 1 is 1.29 bits per heavy atom. The molecule has 1 amide bonds. The molecular formula is C16H17BrN2O2. The van der Waals surface area contributed by atoms with Crippen LogP contribution in [0.3, 0.4) is 0 Å². The summed E-state index contributed by atoms with van der Waals surface area (Å²) in [5.41, 5.74) is 0.489. The monoisotopic (exact) mass is 348 g/mol. The van der Waals surface area contributed by atoms with Gasteiger partial charge in [0.15, 0.2) is 0 Å². The molecule has 1 aromatic carbocycles. The Morgan fingerprint density at radius 2 is 2.05 bits per heavy atom. The first kappa shape index (κ1) is 14.5. The van der Waals surface area contributed by atoms with Crippen LogP contribution in [0.1, 0.15) is 23.3 Å². The van der Waals surface area contributed by atoms with Crippen LogP contribution in [-0.2, 0) is 0 Å². The van der Waals surface area contributed by atoms with Crippen LogP contribution < -0.4 is 0 Å². The first-order valence-electron chi connectivity index (χ1n) is 7.13. The average Bonchev–Trinajstić information content (AvgIpc) is 2.53. The maximum absolute atomic E-state index is 12.5. The predicted molar refractivity (Wildman–Crippen MR) is 85.2 cm³/mol. The van der Waals surface area contributed by atoms with E-state index in [4.69, 9.17) is 5.11 Å². The summed E-state index contributed by atoms with van der Waals surface area (Å²) in [4.78, 5) is 18.6. The smallest absolute Gasteiger partial charge is 0.272 e. The third-order valence-corrected chi connectivity index (χ3v) is 4.56. The van der Waals surface area contributed by atoms with Gasteiger partial charge in [0.2, 0.25) is 0 Å². The first-order chi connectivity index (χ1) is 10.2. The number of aromatic nitrogens is 1. The zero-order valence-electron chi connectivity index (χ0n) is 11.6. The minimum absolute atomic E-state index is 0.0201. The summed E-state index contributed by atoms with van der Waals surface area (Å²) < 4.78 is 0.989. The number of fused-ring (bicyclic) bond motifs is 1. The quantitative estimate of drug-likeness (QED) is 0.907. The molecule has 0 radical (unpaired) electrons. The van der Waals surface area contributed by atoms with Crippen molar-refractivity contribution < 1.29 is 9.90 Å². The molecule has 110 valence electrons. The zero-order valence-corrected chi connectivity index (χ0v) is 13.2. The van der Waals surface area contributed by atoms with E-state index in [1.54, 1.807) is 6.20 Å². The van der Waals surface area contributed by atoms with Gasteiger partial charge in [0.05, 0.1) is 0 Å². The van der Waals surface area contributed by atoms with Crippen molar-refractivity contribution in [1.82, 2.24) is 9.88 Å². The second-order valence-electron chi connectivity index (χ2n) is 5.48. The fourth-order valence-electron chi connectivity index (χ4n) is 2.71. The van der Waals surface area contributed by atoms with Crippen LogP contribution in [0.15, 0.2) is 34.9 Å². The minimum atomic E-state index is -0.0201. The number of carbonyl (C=O) groups excluding carboxylic acids is 1. The summed E-state index contributed by atoms with van der Waals surface area (Å²) >= 11 is 3.45. The van der Waals surface area contributed by atoms with Gasteiger partial charge in [-0.3, -0.25) is 9.78 Å². The van der Waals surface area contributed by atoms with Crippen molar-refractivity contribution in [2.75, 3.05) is 19.7 Å². The summed E-state index contributed by atoms with van der Waals surface area (Å²) in [6, 6.07) is 7.78. The van der Waals surface area contributed by atoms with E-state index in [2.05, 4.69) is 20.9 Å². The number of halogens is 1. The number of hydrogen-bond donors (Lipinski definition) is 1. The van der Waals surface area contributed by atoms with E-state index in [0.717, 1.165) is 28.1 Å². The lowest BCUT2D eigenvalue weighted by Crippen LogP contribution is -2.39. The summed E-state index contributed by atoms with van der Waals surface area (Å²) in [6.07, 6.45) is 3.47. The van der Waals surface area contributed by atoms with Crippen LogP contribution in [0.25, 0.3) is 10.8 Å². The summed E-state index contributed by atoms with van der Waals surface area (Å²) in [6.45, 7) is 1.61. The van der Waals surface area contributed by atoms with Gasteiger partial charge in [0, 0.05) is 35.8 Å². The number of hydrogen-bond acceptors (Lipinski definition) is 3. The van der Waals surface area contributed by atoms with E-state index < -0.39 is 0 Å². The number of carbonyl (C=O) groups is 1. The summed E-state index contributed by atoms with van der Waals surface area (Å²) in [7, 11) is 0. The van der Waals surface area contributed by atoms with E-state index in [9.17, 15) is 4.79 Å². The van der Waals surface area contributed by atoms with Gasteiger partial charge in [-0.15, -0.1) is 0 Å². The van der Waals surface area contributed by atoms with Crippen LogP contribution in [-0.4, -0.2) is 40.6 Å². The second kappa shape index (κ2) is 6.12. The molecule has 0 bridgehead atoms. The van der Waals surface area contributed by atoms with Gasteiger partial charge in [-0.25, -0.2) is 0 Å². The van der Waals surface area contributed by atoms with Crippen LogP contribution in [0, 0.1) is 5.92 Å². The van der Waals surface area contributed by atoms with Gasteiger partial charge < -0.3 is 10.0 Å². The van der Waals surface area contributed by atoms with Gasteiger partial charge in [-0.1, -0.05) is 22.0 Å². The molecule has 3 rings (SSSR count). The van der Waals surface area contributed by atoms with E-state index in [1.165, 1.54) is 0 Å². The molecule has 5 heteroatoms. The molecule has 0 unspecified atom stereocenters. The largest absolute Gasteiger partial charge is 0.396 e. The molecule has 21 heavy (non-hydrogen) atoms. The number of aliphatic hydroxyl groups excluding tert-OH is 1. The highest BCUT2D eigenvalue weighted by Crippen LogP contribution is 2.22. The van der Waals surface area contributed by atoms with Crippen LogP contribution in [0.2, 0.25) is 0 Å². The van der Waals surface area contributed by atoms with E-state index in [0.29, 0.717) is 24.7 Å². The zero-order chi connectivity index (χ0) is 14.8. The molecule has 0 aliphatic carbocycles. The molecule has 2 heterocycles. The minimum Gasteiger partial charge on any atom is -0.396 e. The Hall–Kier alpha value is -1.46. The number of rotatable bonds is 2. The number of nitrogens with zero attached hydrogens (tertiary/aromatic N) is 2. The highest BCUT2D eigenvalue weighted by Gasteiger charge is 2.23. The number of piperidine rings is 1. The first-order valence-corrected chi connectivity index (χ1v) is 7.92. The van der Waals surface area contributed by atoms with Gasteiger partial charge in [0.1, 0.15) is 5.69 Å². The molecule has 0 saturated carbocycles. The van der Waals surface area contributed by atoms with Crippen LogP contribution >= 0.6 is 15.9 Å². The summed E-state index contributed by atoms with van der Waals surface area (Å²) in [5.74, 6) is 0.308. The average molecular weight is 349 g/mol. The Morgan fingerprint density at radius 3 is 2.76 bits per heavy atom. The molecule has 0 spiro atoms. The second-order valence-corrected chi connectivity index (χ2v) is 6.39. The lowest BCUT2D eigenvalue weighted by Gasteiger charge is -2.30. The Bertz CT molecular complexity index is 666. The third-order valence-electron chi connectivity index (χ3n) is 4.06. The fourth-order valence-corrected chi connectivity index (χ4v) is 3.09. The maximum atomic E-state index is 12.5. The van der Waals surface area contributed by atoms with Crippen molar-refractivity contribution in [3.8, 4) is 0 Å². The number of likely N-dealkylation sites (tertiary alicyclic amines) is 1. The van der Waals surface area contributed by atoms with Crippen LogP contribution in [0.4, 0.5) is 0 Å². The molecule has 1 aromatic heterocycles. The van der Waals surface area contributed by atoms with Gasteiger partial charge in [0.25, 0.3) is 5.91 Å². The molecule has 2 aromatic rings. The molecule has 1 aliphatic heterocycles. The van der Waals surface area contributed by atoms with Crippen molar-refractivity contribution in [1.29, 1.82) is 0 Å². The molecule has 1 saturated heterocycles. The predicted octanol–water partition coefficient (Wildman–Crippen LogP) is 2.84. The van der Waals surface area contributed by atoms with E-state index in [1.807, 2.05) is 29.2 Å². The number of pyridine rings is 1.